The van der Waals surface area contributed by atoms with Gasteiger partial charge in [0.2, 0.25) is 5.91 Å². The maximum Gasteiger partial charge on any atom is 0.257 e. The molecule has 0 bridgehead atoms. The van der Waals surface area contributed by atoms with E-state index < -0.39 is 0 Å². The Hall–Kier alpha value is -4.11. The van der Waals surface area contributed by atoms with E-state index in [2.05, 4.69) is 20.8 Å². The third-order valence-electron chi connectivity index (χ3n) is 5.23. The van der Waals surface area contributed by atoms with Crippen molar-refractivity contribution in [2.24, 2.45) is 0 Å². The Morgan fingerprint density at radius 3 is 2.51 bits per heavy atom. The lowest BCUT2D eigenvalue weighted by Gasteiger charge is -2.12. The Bertz CT molecular complexity index is 1370. The van der Waals surface area contributed by atoms with E-state index in [1.807, 2.05) is 48.7 Å². The van der Waals surface area contributed by atoms with Crippen LogP contribution in [0.5, 0.6) is 5.75 Å². The average molecular weight is 488 g/mol. The zero-order valence-corrected chi connectivity index (χ0v) is 20.2. The summed E-state index contributed by atoms with van der Waals surface area (Å²) in [6.07, 6.45) is 0. The fourth-order valence-electron chi connectivity index (χ4n) is 3.57. The van der Waals surface area contributed by atoms with Crippen molar-refractivity contribution < 1.29 is 14.7 Å². The zero-order valence-electron chi connectivity index (χ0n) is 19.4. The molecule has 0 radical (unpaired) electrons. The molecule has 4 rings (SSSR count). The molecule has 3 aromatic carbocycles. The van der Waals surface area contributed by atoms with E-state index in [0.717, 1.165) is 5.56 Å². The summed E-state index contributed by atoms with van der Waals surface area (Å²) in [6.45, 7) is 4.47. The fourth-order valence-corrected chi connectivity index (χ4v) is 4.37. The summed E-state index contributed by atoms with van der Waals surface area (Å²) in [4.78, 5) is 25.6. The van der Waals surface area contributed by atoms with Crippen LogP contribution < -0.4 is 10.6 Å². The van der Waals surface area contributed by atoms with E-state index in [-0.39, 0.29) is 23.3 Å². The highest BCUT2D eigenvalue weighted by Gasteiger charge is 2.18. The molecule has 0 aliphatic carbocycles. The van der Waals surface area contributed by atoms with Crippen LogP contribution in [-0.2, 0) is 11.3 Å². The van der Waals surface area contributed by atoms with E-state index in [0.29, 0.717) is 40.0 Å². The minimum atomic E-state index is -0.308. The summed E-state index contributed by atoms with van der Waals surface area (Å²) in [6, 6.07) is 21.3. The van der Waals surface area contributed by atoms with Gasteiger partial charge in [-0.05, 0) is 55.8 Å². The standard InChI is InChI=1S/C26H25N5O3S/c1-3-31-24(20-12-5-7-14-22(20)32)29-30-26(31)35-16-23(33)28-21-13-6-4-11-19(21)25(34)27-18-10-8-9-17(2)15-18/h4-15,32H,3,16H2,1-2H3,(H,27,34)(H,28,33). The van der Waals surface area contributed by atoms with Gasteiger partial charge in [0.25, 0.3) is 5.91 Å². The molecule has 3 N–H and O–H groups in total. The van der Waals surface area contributed by atoms with Crippen LogP contribution in [-0.4, -0.2) is 37.4 Å². The Labute approximate surface area is 207 Å². The number of thioether (sulfide) groups is 1. The van der Waals surface area contributed by atoms with E-state index in [1.165, 1.54) is 11.8 Å². The summed E-state index contributed by atoms with van der Waals surface area (Å²) >= 11 is 1.23. The number of nitrogens with zero attached hydrogens (tertiary/aromatic N) is 3. The molecule has 0 atom stereocenters. The normalized spacial score (nSPS) is 10.7. The van der Waals surface area contributed by atoms with Crippen molar-refractivity contribution in [2.45, 2.75) is 25.5 Å². The van der Waals surface area contributed by atoms with Gasteiger partial charge in [0, 0.05) is 12.2 Å². The number of rotatable bonds is 8. The van der Waals surface area contributed by atoms with Gasteiger partial charge < -0.3 is 20.3 Å². The molecule has 9 heteroatoms. The molecule has 1 heterocycles. The average Bonchev–Trinajstić information content (AvgIpc) is 3.26. The molecule has 1 aromatic heterocycles. The third kappa shape index (κ3) is 5.70. The predicted octanol–water partition coefficient (Wildman–Crippen LogP) is 4.96. The molecule has 4 aromatic rings. The Morgan fingerprint density at radius 2 is 1.74 bits per heavy atom. The van der Waals surface area contributed by atoms with Gasteiger partial charge in [-0.3, -0.25) is 9.59 Å². The number of hydrogen-bond acceptors (Lipinski definition) is 6. The number of anilines is 2. The lowest BCUT2D eigenvalue weighted by Crippen LogP contribution is -2.19. The topological polar surface area (TPSA) is 109 Å². The molecule has 0 fully saturated rings. The number of carbonyl (C=O) groups is 2. The van der Waals surface area contributed by atoms with Crippen molar-refractivity contribution in [3.63, 3.8) is 0 Å². The predicted molar refractivity (Wildman–Crippen MR) is 138 cm³/mol. The van der Waals surface area contributed by atoms with Gasteiger partial charge in [-0.1, -0.05) is 48.2 Å². The zero-order chi connectivity index (χ0) is 24.8. The highest BCUT2D eigenvalue weighted by atomic mass is 32.2. The number of phenols is 1. The number of nitrogens with one attached hydrogen (secondary N) is 2. The molecule has 35 heavy (non-hydrogen) atoms. The Kier molecular flexibility index (Phi) is 7.47. The molecular formula is C26H25N5O3S. The molecular weight excluding hydrogens is 462 g/mol. The van der Waals surface area contributed by atoms with Crippen molar-refractivity contribution in [1.29, 1.82) is 0 Å². The van der Waals surface area contributed by atoms with Crippen LogP contribution in [0.4, 0.5) is 11.4 Å². The molecule has 178 valence electrons. The second kappa shape index (κ2) is 10.9. The summed E-state index contributed by atoms with van der Waals surface area (Å²) in [5, 5.41) is 24.8. The first-order valence-corrected chi connectivity index (χ1v) is 12.1. The number of hydrogen-bond donors (Lipinski definition) is 3. The number of carbonyl (C=O) groups excluding carboxylic acids is 2. The van der Waals surface area contributed by atoms with Crippen LogP contribution in [0.3, 0.4) is 0 Å². The van der Waals surface area contributed by atoms with Gasteiger partial charge in [-0.25, -0.2) is 0 Å². The summed E-state index contributed by atoms with van der Waals surface area (Å²) in [7, 11) is 0. The Morgan fingerprint density at radius 1 is 0.971 bits per heavy atom. The van der Waals surface area contributed by atoms with E-state index >= 15 is 0 Å². The van der Waals surface area contributed by atoms with E-state index in [1.54, 1.807) is 42.5 Å². The van der Waals surface area contributed by atoms with Gasteiger partial charge in [0.15, 0.2) is 11.0 Å². The van der Waals surface area contributed by atoms with Gasteiger partial charge in [-0.15, -0.1) is 10.2 Å². The molecule has 8 nitrogen and oxygen atoms in total. The van der Waals surface area contributed by atoms with Gasteiger partial charge in [-0.2, -0.15) is 0 Å². The quantitative estimate of drug-likeness (QED) is 0.303. The number of aromatic nitrogens is 3. The lowest BCUT2D eigenvalue weighted by atomic mass is 10.1. The monoisotopic (exact) mass is 487 g/mol. The van der Waals surface area contributed by atoms with E-state index in [4.69, 9.17) is 0 Å². The SMILES string of the molecule is CCn1c(SCC(=O)Nc2ccccc2C(=O)Nc2cccc(C)c2)nnc1-c1ccccc1O. The lowest BCUT2D eigenvalue weighted by molar-refractivity contribution is -0.113. The molecule has 0 saturated carbocycles. The van der Waals surface area contributed by atoms with Crippen LogP contribution in [0.15, 0.2) is 78.0 Å². The minimum Gasteiger partial charge on any atom is -0.507 e. The van der Waals surface area contributed by atoms with Gasteiger partial charge in [0.1, 0.15) is 5.75 Å². The van der Waals surface area contributed by atoms with Crippen molar-refractivity contribution >= 4 is 35.0 Å². The number of aryl methyl sites for hydroxylation is 1. The number of amides is 2. The smallest absolute Gasteiger partial charge is 0.257 e. The Balaban J connectivity index is 1.44. The first kappa shape index (κ1) is 24.0. The van der Waals surface area contributed by atoms with Crippen molar-refractivity contribution in [2.75, 3.05) is 16.4 Å². The van der Waals surface area contributed by atoms with Crippen molar-refractivity contribution in [1.82, 2.24) is 14.8 Å². The maximum absolute atomic E-state index is 12.8. The largest absolute Gasteiger partial charge is 0.507 e. The second-order valence-corrected chi connectivity index (χ2v) is 8.72. The van der Waals surface area contributed by atoms with Crippen LogP contribution in [0.25, 0.3) is 11.4 Å². The molecule has 0 unspecified atom stereocenters. The second-order valence-electron chi connectivity index (χ2n) is 7.77. The molecule has 2 amide bonds. The summed E-state index contributed by atoms with van der Waals surface area (Å²) < 4.78 is 1.84. The maximum atomic E-state index is 12.8. The fraction of sp³-hybridized carbons (Fsp3) is 0.154. The number of phenolic OH excluding ortho intramolecular Hbond substituents is 1. The number of aromatic hydroxyl groups is 1. The highest BCUT2D eigenvalue weighted by Crippen LogP contribution is 2.30. The molecule has 0 spiro atoms. The summed E-state index contributed by atoms with van der Waals surface area (Å²) in [5.74, 6) is 0.140. The third-order valence-corrected chi connectivity index (χ3v) is 6.20. The minimum absolute atomic E-state index is 0.0761. The number of para-hydroxylation sites is 2. The van der Waals surface area contributed by atoms with Gasteiger partial charge >= 0.3 is 0 Å². The first-order valence-electron chi connectivity index (χ1n) is 11.1. The summed E-state index contributed by atoms with van der Waals surface area (Å²) in [5.41, 5.74) is 3.09. The van der Waals surface area contributed by atoms with Crippen LogP contribution >= 0.6 is 11.8 Å². The molecule has 0 saturated heterocycles. The van der Waals surface area contributed by atoms with Crippen LogP contribution in [0, 0.1) is 6.92 Å². The van der Waals surface area contributed by atoms with Crippen LogP contribution in [0.2, 0.25) is 0 Å². The van der Waals surface area contributed by atoms with Crippen molar-refractivity contribution in [3.05, 3.63) is 83.9 Å². The number of benzene rings is 3. The van der Waals surface area contributed by atoms with Gasteiger partial charge in [0.05, 0.1) is 22.6 Å². The van der Waals surface area contributed by atoms with Crippen LogP contribution in [0.1, 0.15) is 22.8 Å². The molecule has 0 aliphatic rings. The van der Waals surface area contributed by atoms with E-state index in [9.17, 15) is 14.7 Å². The highest BCUT2D eigenvalue weighted by molar-refractivity contribution is 7.99. The molecule has 0 aliphatic heterocycles. The van der Waals surface area contributed by atoms with Crippen molar-refractivity contribution in [3.8, 4) is 17.1 Å². The first-order chi connectivity index (χ1) is 17.0.